The van der Waals surface area contributed by atoms with Gasteiger partial charge >= 0.3 is 0 Å². The molecule has 0 amide bonds. The van der Waals surface area contributed by atoms with Gasteiger partial charge < -0.3 is 20.1 Å². The molecule has 2 saturated heterocycles. The van der Waals surface area contributed by atoms with Gasteiger partial charge in [0.1, 0.15) is 0 Å². The molecule has 0 bridgehead atoms. The molecule has 0 saturated carbocycles. The first-order valence-electron chi connectivity index (χ1n) is 12.1. The first-order chi connectivity index (χ1) is 13.3. The highest BCUT2D eigenvalue weighted by Crippen LogP contribution is 2.35. The van der Waals surface area contributed by atoms with Gasteiger partial charge in [-0.2, -0.15) is 0 Å². The lowest BCUT2D eigenvalue weighted by atomic mass is 9.74. The van der Waals surface area contributed by atoms with E-state index in [4.69, 9.17) is 9.47 Å². The zero-order valence-electron chi connectivity index (χ0n) is 20.9. The summed E-state index contributed by atoms with van der Waals surface area (Å²) < 4.78 is 12.6. The minimum absolute atomic E-state index is 0.139. The van der Waals surface area contributed by atoms with Crippen LogP contribution in [0.1, 0.15) is 101 Å². The number of unbranched alkanes of at least 4 members (excludes halogenated alkanes) is 1. The van der Waals surface area contributed by atoms with Gasteiger partial charge in [0.25, 0.3) is 0 Å². The monoisotopic (exact) mass is 410 g/mol. The molecule has 2 fully saturated rings. The summed E-state index contributed by atoms with van der Waals surface area (Å²) in [6, 6.07) is 0.561. The highest BCUT2D eigenvalue weighted by molar-refractivity contribution is 5.01. The Morgan fingerprint density at radius 2 is 1.34 bits per heavy atom. The summed E-state index contributed by atoms with van der Waals surface area (Å²) in [7, 11) is 0. The van der Waals surface area contributed by atoms with Gasteiger partial charge in [0.15, 0.2) is 0 Å². The molecule has 4 unspecified atom stereocenters. The van der Waals surface area contributed by atoms with E-state index in [0.717, 1.165) is 51.7 Å². The molecule has 172 valence electrons. The summed E-state index contributed by atoms with van der Waals surface area (Å²) in [6.07, 6.45) is 7.35. The van der Waals surface area contributed by atoms with Crippen LogP contribution in [0.25, 0.3) is 0 Å². The second kappa shape index (κ2) is 9.97. The molecule has 0 spiro atoms. The predicted molar refractivity (Wildman–Crippen MR) is 123 cm³/mol. The number of hydrogen-bond donors (Lipinski definition) is 2. The zero-order chi connectivity index (χ0) is 21.9. The average molecular weight is 411 g/mol. The van der Waals surface area contributed by atoms with E-state index >= 15 is 0 Å². The zero-order valence-corrected chi connectivity index (χ0v) is 20.9. The van der Waals surface area contributed by atoms with E-state index < -0.39 is 0 Å². The van der Waals surface area contributed by atoms with Gasteiger partial charge in [0.2, 0.25) is 0 Å². The second-order valence-corrected chi connectivity index (χ2v) is 12.0. The molecule has 2 rings (SSSR count). The highest BCUT2D eigenvalue weighted by Gasteiger charge is 2.42. The Labute approximate surface area is 181 Å². The molecular weight excluding hydrogens is 360 g/mol. The highest BCUT2D eigenvalue weighted by atomic mass is 16.5. The quantitative estimate of drug-likeness (QED) is 0.506. The van der Waals surface area contributed by atoms with Gasteiger partial charge in [-0.05, 0) is 85.0 Å². The fourth-order valence-corrected chi connectivity index (χ4v) is 5.31. The molecule has 0 radical (unpaired) electrons. The molecule has 4 heteroatoms. The van der Waals surface area contributed by atoms with Crippen molar-refractivity contribution in [1.82, 2.24) is 10.6 Å². The Morgan fingerprint density at radius 3 is 1.90 bits per heavy atom. The van der Waals surface area contributed by atoms with E-state index in [1.54, 1.807) is 0 Å². The SMILES string of the molecule is CC(C)C1CC(OCCCCOC2CC(C)(C)NC(C)(C(C)C)C2)CC(C)(C)N1. The largest absolute Gasteiger partial charge is 0.378 e. The number of piperidine rings is 2. The van der Waals surface area contributed by atoms with Crippen molar-refractivity contribution in [3.8, 4) is 0 Å². The maximum absolute atomic E-state index is 6.33. The lowest BCUT2D eigenvalue weighted by Gasteiger charge is -2.50. The number of ether oxygens (including phenoxy) is 2. The third-order valence-corrected chi connectivity index (χ3v) is 7.17. The standard InChI is InChI=1S/C25H50N2O2/c1-18(2)22-14-20(15-23(5,6)26-22)28-12-10-11-13-29-21-16-24(7,8)27-25(9,17-21)19(3)4/h18-22,26-27H,10-17H2,1-9H3. The molecule has 29 heavy (non-hydrogen) atoms. The van der Waals surface area contributed by atoms with Crippen LogP contribution in [0.15, 0.2) is 0 Å². The Hall–Kier alpha value is -0.160. The Kier molecular flexibility index (Phi) is 8.63. The van der Waals surface area contributed by atoms with Crippen LogP contribution in [0.2, 0.25) is 0 Å². The molecule has 0 aromatic carbocycles. The molecule has 4 atom stereocenters. The summed E-state index contributed by atoms with van der Waals surface area (Å²) in [4.78, 5) is 0. The van der Waals surface area contributed by atoms with Gasteiger partial charge in [-0.25, -0.2) is 0 Å². The van der Waals surface area contributed by atoms with E-state index in [2.05, 4.69) is 72.9 Å². The number of hydrogen-bond acceptors (Lipinski definition) is 4. The van der Waals surface area contributed by atoms with Gasteiger partial charge in [-0.15, -0.1) is 0 Å². The Balaban J connectivity index is 1.68. The summed E-state index contributed by atoms with van der Waals surface area (Å²) in [5.41, 5.74) is 0.468. The number of nitrogens with one attached hydrogen (secondary N) is 2. The first-order valence-corrected chi connectivity index (χ1v) is 12.1. The fraction of sp³-hybridized carbons (Fsp3) is 1.00. The molecule has 2 aliphatic rings. The van der Waals surface area contributed by atoms with Crippen molar-refractivity contribution < 1.29 is 9.47 Å². The van der Waals surface area contributed by atoms with E-state index in [9.17, 15) is 0 Å². The molecular formula is C25H50N2O2. The normalized spacial score (nSPS) is 34.7. The van der Waals surface area contributed by atoms with Crippen LogP contribution in [0.4, 0.5) is 0 Å². The van der Waals surface area contributed by atoms with Crippen LogP contribution >= 0.6 is 0 Å². The molecule has 0 aliphatic carbocycles. The van der Waals surface area contributed by atoms with Gasteiger partial charge in [0.05, 0.1) is 12.2 Å². The smallest absolute Gasteiger partial charge is 0.0610 e. The number of rotatable bonds is 9. The Morgan fingerprint density at radius 1 is 0.793 bits per heavy atom. The van der Waals surface area contributed by atoms with Gasteiger partial charge in [0, 0.05) is 35.9 Å². The van der Waals surface area contributed by atoms with Crippen molar-refractivity contribution in [1.29, 1.82) is 0 Å². The molecule has 2 N–H and O–H groups in total. The van der Waals surface area contributed by atoms with Crippen LogP contribution in [0.5, 0.6) is 0 Å². The van der Waals surface area contributed by atoms with Crippen molar-refractivity contribution >= 4 is 0 Å². The van der Waals surface area contributed by atoms with Gasteiger partial charge in [-0.3, -0.25) is 0 Å². The van der Waals surface area contributed by atoms with Crippen molar-refractivity contribution in [2.75, 3.05) is 13.2 Å². The van der Waals surface area contributed by atoms with Crippen LogP contribution in [-0.2, 0) is 9.47 Å². The summed E-state index contributed by atoms with van der Waals surface area (Å²) in [5.74, 6) is 1.25. The minimum atomic E-state index is 0.139. The van der Waals surface area contributed by atoms with E-state index in [1.165, 1.54) is 0 Å². The van der Waals surface area contributed by atoms with Crippen LogP contribution in [-0.4, -0.2) is 48.1 Å². The first kappa shape index (κ1) is 25.1. The van der Waals surface area contributed by atoms with E-state index in [-0.39, 0.29) is 16.6 Å². The minimum Gasteiger partial charge on any atom is -0.378 e. The van der Waals surface area contributed by atoms with Crippen molar-refractivity contribution in [3.05, 3.63) is 0 Å². The molecule has 2 heterocycles. The van der Waals surface area contributed by atoms with Crippen LogP contribution in [0.3, 0.4) is 0 Å². The average Bonchev–Trinajstić information content (AvgIpc) is 2.54. The molecule has 0 aromatic heterocycles. The summed E-state index contributed by atoms with van der Waals surface area (Å²) in [5, 5.41) is 7.64. The molecule has 2 aliphatic heterocycles. The van der Waals surface area contributed by atoms with Gasteiger partial charge in [-0.1, -0.05) is 27.7 Å². The third kappa shape index (κ3) is 7.79. The summed E-state index contributed by atoms with van der Waals surface area (Å²) in [6.45, 7) is 22.5. The maximum Gasteiger partial charge on any atom is 0.0610 e. The third-order valence-electron chi connectivity index (χ3n) is 7.17. The van der Waals surface area contributed by atoms with E-state index in [0.29, 0.717) is 30.1 Å². The van der Waals surface area contributed by atoms with Crippen molar-refractivity contribution in [2.45, 2.75) is 136 Å². The Bertz CT molecular complexity index is 503. The van der Waals surface area contributed by atoms with Crippen LogP contribution < -0.4 is 10.6 Å². The second-order valence-electron chi connectivity index (χ2n) is 12.0. The lowest BCUT2D eigenvalue weighted by molar-refractivity contribution is -0.0428. The maximum atomic E-state index is 6.33. The van der Waals surface area contributed by atoms with Crippen molar-refractivity contribution in [2.24, 2.45) is 11.8 Å². The molecule has 4 nitrogen and oxygen atoms in total. The predicted octanol–water partition coefficient (Wildman–Crippen LogP) is 5.30. The van der Waals surface area contributed by atoms with E-state index in [1.807, 2.05) is 0 Å². The summed E-state index contributed by atoms with van der Waals surface area (Å²) >= 11 is 0. The molecule has 0 aromatic rings. The topological polar surface area (TPSA) is 42.5 Å². The van der Waals surface area contributed by atoms with Crippen LogP contribution in [0, 0.1) is 11.8 Å². The van der Waals surface area contributed by atoms with Crippen molar-refractivity contribution in [3.63, 3.8) is 0 Å². The fourth-order valence-electron chi connectivity index (χ4n) is 5.31. The lowest BCUT2D eigenvalue weighted by Crippen LogP contribution is -2.63.